The predicted octanol–water partition coefficient (Wildman–Crippen LogP) is 1.31. The molecule has 5 atom stereocenters. The molecule has 6 nitrogen and oxygen atoms in total. The summed E-state index contributed by atoms with van der Waals surface area (Å²) in [7, 11) is 1.88. The number of likely N-dealkylation sites (N-methyl/N-ethyl adjacent to an activating group) is 1. The molecule has 1 saturated heterocycles. The van der Waals surface area contributed by atoms with Crippen LogP contribution in [0.3, 0.4) is 0 Å². The number of hydrogen-bond acceptors (Lipinski definition) is 6. The van der Waals surface area contributed by atoms with E-state index in [1.165, 1.54) is 6.92 Å². The molecule has 0 spiro atoms. The third-order valence-electron chi connectivity index (χ3n) is 5.28. The molecular weight excluding hydrogens is 310 g/mol. The number of nitrogens with zero attached hydrogens (tertiary/aromatic N) is 1. The summed E-state index contributed by atoms with van der Waals surface area (Å²) < 4.78 is 5.22. The van der Waals surface area contributed by atoms with Gasteiger partial charge in [-0.25, -0.2) is 0 Å². The van der Waals surface area contributed by atoms with Crippen LogP contribution in [0.15, 0.2) is 0 Å². The van der Waals surface area contributed by atoms with E-state index < -0.39 is 17.3 Å². The van der Waals surface area contributed by atoms with Gasteiger partial charge in [-0.05, 0) is 66.5 Å². The van der Waals surface area contributed by atoms with Crippen LogP contribution in [-0.2, 0) is 9.53 Å². The van der Waals surface area contributed by atoms with Crippen molar-refractivity contribution in [2.45, 2.75) is 83.1 Å². The average molecular weight is 345 g/mol. The first-order valence-corrected chi connectivity index (χ1v) is 8.96. The molecule has 5 unspecified atom stereocenters. The van der Waals surface area contributed by atoms with Crippen molar-refractivity contribution in [1.82, 2.24) is 4.90 Å². The van der Waals surface area contributed by atoms with Crippen molar-refractivity contribution in [2.75, 3.05) is 20.2 Å². The summed E-state index contributed by atoms with van der Waals surface area (Å²) >= 11 is 0. The van der Waals surface area contributed by atoms with Crippen molar-refractivity contribution in [2.24, 2.45) is 5.92 Å². The van der Waals surface area contributed by atoms with E-state index in [1.54, 1.807) is 6.92 Å². The van der Waals surface area contributed by atoms with E-state index >= 15 is 0 Å². The monoisotopic (exact) mass is 345 g/mol. The molecule has 0 aromatic carbocycles. The first-order chi connectivity index (χ1) is 11.0. The van der Waals surface area contributed by atoms with Gasteiger partial charge in [-0.3, -0.25) is 4.79 Å². The molecule has 0 radical (unpaired) electrons. The van der Waals surface area contributed by atoms with Crippen LogP contribution in [0.4, 0.5) is 0 Å². The molecule has 0 bridgehead atoms. The molecule has 0 aromatic rings. The van der Waals surface area contributed by atoms with Gasteiger partial charge in [-0.1, -0.05) is 6.92 Å². The fourth-order valence-electron chi connectivity index (χ4n) is 3.15. The number of rotatable bonds is 0. The highest BCUT2D eigenvalue weighted by Gasteiger charge is 2.38. The summed E-state index contributed by atoms with van der Waals surface area (Å²) in [6.07, 6.45) is 2.44. The Kier molecular flexibility index (Phi) is 7.66. The van der Waals surface area contributed by atoms with Crippen molar-refractivity contribution in [3.63, 3.8) is 0 Å². The van der Waals surface area contributed by atoms with Crippen molar-refractivity contribution in [3.05, 3.63) is 0 Å². The number of carbonyl (C=O) groups is 1. The topological polar surface area (TPSA) is 90.2 Å². The molecule has 1 aliphatic rings. The zero-order valence-corrected chi connectivity index (χ0v) is 15.8. The number of esters is 1. The van der Waals surface area contributed by atoms with Crippen LogP contribution in [-0.4, -0.2) is 69.7 Å². The SMILES string of the molecule is CC1CCCC(C)(O)CCCN(C)C(C)C(O)C(C)(O)COC1=O. The second-order valence-corrected chi connectivity index (χ2v) is 8.02. The van der Waals surface area contributed by atoms with Crippen LogP contribution in [0.2, 0.25) is 0 Å². The maximum atomic E-state index is 12.1. The van der Waals surface area contributed by atoms with Gasteiger partial charge in [0.25, 0.3) is 0 Å². The van der Waals surface area contributed by atoms with Gasteiger partial charge < -0.3 is 25.0 Å². The Labute approximate surface area is 145 Å². The molecule has 0 saturated carbocycles. The average Bonchev–Trinajstić information content (AvgIpc) is 2.49. The van der Waals surface area contributed by atoms with Gasteiger partial charge in [0.1, 0.15) is 18.3 Å². The van der Waals surface area contributed by atoms with Crippen LogP contribution in [0.1, 0.15) is 59.8 Å². The third-order valence-corrected chi connectivity index (χ3v) is 5.28. The first-order valence-electron chi connectivity index (χ1n) is 8.96. The van der Waals surface area contributed by atoms with Gasteiger partial charge >= 0.3 is 5.97 Å². The second kappa shape index (κ2) is 8.61. The fourth-order valence-corrected chi connectivity index (χ4v) is 3.15. The molecule has 0 aromatic heterocycles. The number of carbonyl (C=O) groups excluding carboxylic acids is 1. The minimum atomic E-state index is -1.51. The van der Waals surface area contributed by atoms with Gasteiger partial charge in [0.2, 0.25) is 0 Å². The molecular formula is C18H35NO5. The van der Waals surface area contributed by atoms with Crippen LogP contribution in [0, 0.1) is 5.92 Å². The van der Waals surface area contributed by atoms with E-state index in [1.807, 2.05) is 25.8 Å². The van der Waals surface area contributed by atoms with Crippen LogP contribution in [0.25, 0.3) is 0 Å². The summed E-state index contributed by atoms with van der Waals surface area (Å²) in [6.45, 7) is 7.42. The Balaban J connectivity index is 2.87. The van der Waals surface area contributed by atoms with E-state index in [0.29, 0.717) is 25.8 Å². The fraction of sp³-hybridized carbons (Fsp3) is 0.944. The summed E-state index contributed by atoms with van der Waals surface area (Å²) in [5, 5.41) is 31.4. The molecule has 1 aliphatic heterocycles. The normalized spacial score (nSPS) is 42.0. The van der Waals surface area contributed by atoms with E-state index in [9.17, 15) is 20.1 Å². The lowest BCUT2D eigenvalue weighted by molar-refractivity contribution is -0.166. The smallest absolute Gasteiger partial charge is 0.308 e. The standard InChI is InChI=1S/C18H35NO5/c1-13-8-6-9-17(3,22)10-7-11-19(5)14(2)15(20)18(4,23)12-24-16(13)21/h13-15,20,22-23H,6-12H2,1-5H3. The number of cyclic esters (lactones) is 1. The Morgan fingerprint density at radius 3 is 2.38 bits per heavy atom. The molecule has 142 valence electrons. The summed E-state index contributed by atoms with van der Waals surface area (Å²) in [4.78, 5) is 14.0. The van der Waals surface area contributed by atoms with Gasteiger partial charge in [-0.2, -0.15) is 0 Å². The summed E-state index contributed by atoms with van der Waals surface area (Å²) in [6, 6.07) is -0.300. The van der Waals surface area contributed by atoms with E-state index in [2.05, 4.69) is 0 Å². The maximum Gasteiger partial charge on any atom is 0.308 e. The molecule has 0 amide bonds. The highest BCUT2D eigenvalue weighted by Crippen LogP contribution is 2.24. The largest absolute Gasteiger partial charge is 0.462 e. The van der Waals surface area contributed by atoms with Crippen molar-refractivity contribution < 1.29 is 24.9 Å². The molecule has 1 rings (SSSR count). The lowest BCUT2D eigenvalue weighted by Gasteiger charge is -2.37. The molecule has 1 fully saturated rings. The number of aliphatic hydroxyl groups is 3. The Morgan fingerprint density at radius 2 is 1.75 bits per heavy atom. The predicted molar refractivity (Wildman–Crippen MR) is 92.6 cm³/mol. The Morgan fingerprint density at radius 1 is 1.17 bits per heavy atom. The third kappa shape index (κ3) is 6.31. The lowest BCUT2D eigenvalue weighted by Crippen LogP contribution is -2.54. The highest BCUT2D eigenvalue weighted by molar-refractivity contribution is 5.71. The van der Waals surface area contributed by atoms with Gasteiger partial charge in [-0.15, -0.1) is 0 Å². The summed E-state index contributed by atoms with van der Waals surface area (Å²) in [5.41, 5.74) is -2.26. The first kappa shape index (κ1) is 21.4. The van der Waals surface area contributed by atoms with E-state index in [4.69, 9.17) is 4.74 Å². The van der Waals surface area contributed by atoms with E-state index in [0.717, 1.165) is 12.8 Å². The van der Waals surface area contributed by atoms with Crippen molar-refractivity contribution in [1.29, 1.82) is 0 Å². The minimum absolute atomic E-state index is 0.229. The molecule has 24 heavy (non-hydrogen) atoms. The van der Waals surface area contributed by atoms with Crippen molar-refractivity contribution in [3.8, 4) is 0 Å². The van der Waals surface area contributed by atoms with Crippen molar-refractivity contribution >= 4 is 5.97 Å². The van der Waals surface area contributed by atoms with Gasteiger partial charge in [0.05, 0.1) is 11.5 Å². The number of hydrogen-bond donors (Lipinski definition) is 3. The zero-order chi connectivity index (χ0) is 18.5. The number of aliphatic hydroxyl groups excluding tert-OH is 1. The maximum absolute atomic E-state index is 12.1. The molecule has 3 N–H and O–H groups in total. The molecule has 6 heteroatoms. The van der Waals surface area contributed by atoms with E-state index in [-0.39, 0.29) is 24.5 Å². The minimum Gasteiger partial charge on any atom is -0.462 e. The second-order valence-electron chi connectivity index (χ2n) is 8.02. The molecule has 1 heterocycles. The van der Waals surface area contributed by atoms with Crippen LogP contribution >= 0.6 is 0 Å². The lowest BCUT2D eigenvalue weighted by atomic mass is 9.91. The van der Waals surface area contributed by atoms with Gasteiger partial charge in [0.15, 0.2) is 0 Å². The quantitative estimate of drug-likeness (QED) is 0.574. The molecule has 0 aliphatic carbocycles. The highest BCUT2D eigenvalue weighted by atomic mass is 16.5. The van der Waals surface area contributed by atoms with Crippen LogP contribution in [0.5, 0.6) is 0 Å². The number of ether oxygens (including phenoxy) is 1. The summed E-state index contributed by atoms with van der Waals surface area (Å²) in [5.74, 6) is -0.669. The zero-order valence-electron chi connectivity index (χ0n) is 15.8. The van der Waals surface area contributed by atoms with Gasteiger partial charge in [0, 0.05) is 6.04 Å². The Bertz CT molecular complexity index is 410. The van der Waals surface area contributed by atoms with Crippen LogP contribution < -0.4 is 0 Å². The Hall–Kier alpha value is -0.690.